The maximum atomic E-state index is 12.5. The molecule has 0 radical (unpaired) electrons. The van der Waals surface area contributed by atoms with Crippen molar-refractivity contribution in [3.05, 3.63) is 59.2 Å². The molecule has 2 rings (SSSR count). The van der Waals surface area contributed by atoms with Crippen LogP contribution in [-0.4, -0.2) is 33.3 Å². The van der Waals surface area contributed by atoms with E-state index in [9.17, 15) is 13.2 Å². The molecular weight excluding hydrogens is 498 g/mol. The average molecular weight is 523 g/mol. The van der Waals surface area contributed by atoms with Crippen LogP contribution in [0.4, 0.5) is 13.2 Å². The van der Waals surface area contributed by atoms with Gasteiger partial charge in [0.25, 0.3) is 0 Å². The van der Waals surface area contributed by atoms with E-state index in [1.165, 1.54) is 12.1 Å². The van der Waals surface area contributed by atoms with Crippen molar-refractivity contribution >= 4 is 29.9 Å². The third-order valence-corrected chi connectivity index (χ3v) is 4.13. The predicted octanol–water partition coefficient (Wildman–Crippen LogP) is 4.03. The van der Waals surface area contributed by atoms with Gasteiger partial charge < -0.3 is 20.5 Å². The number of benzene rings is 2. The van der Waals surface area contributed by atoms with Crippen molar-refractivity contribution < 1.29 is 22.6 Å². The second-order valence-electron chi connectivity index (χ2n) is 6.08. The number of nitrogens with two attached hydrogens (primary N) is 1. The van der Waals surface area contributed by atoms with E-state index in [1.54, 1.807) is 14.2 Å². The Labute approximate surface area is 185 Å². The number of halogens is 4. The van der Waals surface area contributed by atoms with Gasteiger partial charge in [-0.25, -0.2) is 0 Å². The SMILES string of the molecule is COc1ccc(CCNC(N)=NCCc2ccc(C(F)(F)F)cc2)cc1OC.I. The van der Waals surface area contributed by atoms with E-state index >= 15 is 0 Å². The first-order chi connectivity index (χ1) is 13.3. The molecule has 2 aromatic carbocycles. The molecule has 2 aromatic rings. The highest BCUT2D eigenvalue weighted by molar-refractivity contribution is 14.0. The van der Waals surface area contributed by atoms with Gasteiger partial charge >= 0.3 is 6.18 Å². The molecule has 160 valence electrons. The van der Waals surface area contributed by atoms with Crippen molar-refractivity contribution in [2.45, 2.75) is 19.0 Å². The lowest BCUT2D eigenvalue weighted by atomic mass is 10.1. The van der Waals surface area contributed by atoms with Crippen molar-refractivity contribution in [3.8, 4) is 11.5 Å². The first-order valence-corrected chi connectivity index (χ1v) is 8.74. The summed E-state index contributed by atoms with van der Waals surface area (Å²) in [6, 6.07) is 10.8. The zero-order valence-electron chi connectivity index (χ0n) is 16.3. The molecule has 5 nitrogen and oxygen atoms in total. The summed E-state index contributed by atoms with van der Waals surface area (Å²) in [6.07, 6.45) is -3.09. The minimum Gasteiger partial charge on any atom is -0.493 e. The third kappa shape index (κ3) is 8.00. The Kier molecular flexibility index (Phi) is 10.1. The highest BCUT2D eigenvalue weighted by Gasteiger charge is 2.29. The van der Waals surface area contributed by atoms with E-state index in [-0.39, 0.29) is 24.0 Å². The van der Waals surface area contributed by atoms with E-state index in [1.807, 2.05) is 18.2 Å². The van der Waals surface area contributed by atoms with Crippen LogP contribution in [0.1, 0.15) is 16.7 Å². The second kappa shape index (κ2) is 11.7. The molecule has 9 heteroatoms. The number of hydrogen-bond acceptors (Lipinski definition) is 3. The van der Waals surface area contributed by atoms with Gasteiger partial charge in [-0.2, -0.15) is 13.2 Å². The molecule has 0 heterocycles. The van der Waals surface area contributed by atoms with Crippen LogP contribution in [0.25, 0.3) is 0 Å². The molecule has 0 aliphatic rings. The molecule has 0 spiro atoms. The molecule has 3 N–H and O–H groups in total. The quantitative estimate of drug-likeness (QED) is 0.312. The lowest BCUT2D eigenvalue weighted by Crippen LogP contribution is -2.33. The fourth-order valence-corrected chi connectivity index (χ4v) is 2.59. The monoisotopic (exact) mass is 523 g/mol. The maximum absolute atomic E-state index is 12.5. The molecule has 0 bridgehead atoms. The van der Waals surface area contributed by atoms with Gasteiger partial charge in [-0.15, -0.1) is 24.0 Å². The van der Waals surface area contributed by atoms with E-state index in [0.717, 1.165) is 29.7 Å². The number of rotatable bonds is 8. The number of alkyl halides is 3. The summed E-state index contributed by atoms with van der Waals surface area (Å²) in [5.74, 6) is 1.63. The number of methoxy groups -OCH3 is 2. The van der Waals surface area contributed by atoms with Crippen LogP contribution in [0.5, 0.6) is 11.5 Å². The van der Waals surface area contributed by atoms with E-state index in [0.29, 0.717) is 37.0 Å². The van der Waals surface area contributed by atoms with E-state index < -0.39 is 11.7 Å². The first-order valence-electron chi connectivity index (χ1n) is 8.74. The topological polar surface area (TPSA) is 68.9 Å². The van der Waals surface area contributed by atoms with Gasteiger partial charge in [0.15, 0.2) is 17.5 Å². The van der Waals surface area contributed by atoms with Gasteiger partial charge in [-0.1, -0.05) is 18.2 Å². The van der Waals surface area contributed by atoms with Gasteiger partial charge in [-0.05, 0) is 48.2 Å². The minimum atomic E-state index is -4.32. The summed E-state index contributed by atoms with van der Waals surface area (Å²) in [5, 5.41) is 3.02. The van der Waals surface area contributed by atoms with Gasteiger partial charge in [-0.3, -0.25) is 4.99 Å². The van der Waals surface area contributed by atoms with Crippen molar-refractivity contribution in [2.75, 3.05) is 27.3 Å². The number of ether oxygens (including phenoxy) is 2. The van der Waals surface area contributed by atoms with E-state index in [4.69, 9.17) is 15.2 Å². The molecule has 0 saturated heterocycles. The Bertz CT molecular complexity index is 797. The van der Waals surface area contributed by atoms with Gasteiger partial charge in [0.2, 0.25) is 0 Å². The van der Waals surface area contributed by atoms with Crippen LogP contribution in [0.15, 0.2) is 47.5 Å². The molecule has 0 aliphatic carbocycles. The number of guanidine groups is 1. The number of aliphatic imine (C=N–C) groups is 1. The van der Waals surface area contributed by atoms with Gasteiger partial charge in [0, 0.05) is 13.1 Å². The standard InChI is InChI=1S/C20H24F3N3O2.HI/c1-27-17-8-5-15(13-18(17)28-2)10-12-26-19(24)25-11-9-14-3-6-16(7-4-14)20(21,22)23;/h3-8,13H,9-12H2,1-2H3,(H3,24,25,26);1H. The fourth-order valence-electron chi connectivity index (χ4n) is 2.59. The van der Waals surface area contributed by atoms with Crippen molar-refractivity contribution in [3.63, 3.8) is 0 Å². The van der Waals surface area contributed by atoms with Crippen molar-refractivity contribution in [2.24, 2.45) is 10.7 Å². The minimum absolute atomic E-state index is 0. The van der Waals surface area contributed by atoms with Crippen LogP contribution in [-0.2, 0) is 19.0 Å². The highest BCUT2D eigenvalue weighted by Crippen LogP contribution is 2.29. The Morgan fingerprint density at radius 1 is 0.966 bits per heavy atom. The average Bonchev–Trinajstić information content (AvgIpc) is 2.67. The van der Waals surface area contributed by atoms with Gasteiger partial charge in [0.05, 0.1) is 19.8 Å². The summed E-state index contributed by atoms with van der Waals surface area (Å²) >= 11 is 0. The zero-order valence-corrected chi connectivity index (χ0v) is 18.6. The normalized spacial score (nSPS) is 11.6. The van der Waals surface area contributed by atoms with Gasteiger partial charge in [0.1, 0.15) is 0 Å². The largest absolute Gasteiger partial charge is 0.493 e. The molecule has 29 heavy (non-hydrogen) atoms. The van der Waals surface area contributed by atoms with Crippen molar-refractivity contribution in [1.82, 2.24) is 5.32 Å². The van der Waals surface area contributed by atoms with Crippen LogP contribution < -0.4 is 20.5 Å². The van der Waals surface area contributed by atoms with Crippen molar-refractivity contribution in [1.29, 1.82) is 0 Å². The summed E-state index contributed by atoms with van der Waals surface area (Å²) < 4.78 is 48.1. The first kappa shape index (κ1) is 24.9. The molecule has 0 aliphatic heterocycles. The van der Waals surface area contributed by atoms with Crippen LogP contribution in [0, 0.1) is 0 Å². The number of nitrogens with one attached hydrogen (secondary N) is 1. The lowest BCUT2D eigenvalue weighted by molar-refractivity contribution is -0.137. The molecule has 0 saturated carbocycles. The van der Waals surface area contributed by atoms with Crippen LogP contribution in [0.2, 0.25) is 0 Å². The summed E-state index contributed by atoms with van der Waals surface area (Å²) in [7, 11) is 3.17. The molecule has 0 aromatic heterocycles. The summed E-state index contributed by atoms with van der Waals surface area (Å²) in [5.41, 5.74) is 7.01. The summed E-state index contributed by atoms with van der Waals surface area (Å²) in [6.45, 7) is 0.978. The zero-order chi connectivity index (χ0) is 20.6. The highest BCUT2D eigenvalue weighted by atomic mass is 127. The smallest absolute Gasteiger partial charge is 0.416 e. The Balaban J connectivity index is 0.00000420. The van der Waals surface area contributed by atoms with E-state index in [2.05, 4.69) is 10.3 Å². The molecule has 0 fully saturated rings. The van der Waals surface area contributed by atoms with Crippen LogP contribution >= 0.6 is 24.0 Å². The lowest BCUT2D eigenvalue weighted by Gasteiger charge is -2.10. The van der Waals surface area contributed by atoms with Crippen LogP contribution in [0.3, 0.4) is 0 Å². The Hall–Kier alpha value is -2.17. The molecule has 0 amide bonds. The number of nitrogens with zero attached hydrogens (tertiary/aromatic N) is 1. The molecular formula is C20H25F3IN3O2. The predicted molar refractivity (Wildman–Crippen MR) is 118 cm³/mol. The molecule has 0 unspecified atom stereocenters. The Morgan fingerprint density at radius 3 is 2.17 bits per heavy atom. The molecule has 0 atom stereocenters. The fraction of sp³-hybridized carbons (Fsp3) is 0.350. The second-order valence-corrected chi connectivity index (χ2v) is 6.08. The summed E-state index contributed by atoms with van der Waals surface area (Å²) in [4.78, 5) is 4.20. The maximum Gasteiger partial charge on any atom is 0.416 e. The number of hydrogen-bond donors (Lipinski definition) is 2. The Morgan fingerprint density at radius 2 is 1.59 bits per heavy atom. The third-order valence-electron chi connectivity index (χ3n) is 4.13.